The minimum atomic E-state index is -0.291. The van der Waals surface area contributed by atoms with E-state index in [2.05, 4.69) is 0 Å². The highest BCUT2D eigenvalue weighted by atomic mass is 35.5. The number of benzene rings is 2. The highest BCUT2D eigenvalue weighted by Gasteiger charge is 2.23. The van der Waals surface area contributed by atoms with Crippen LogP contribution in [0.4, 0.5) is 5.69 Å². The van der Waals surface area contributed by atoms with Gasteiger partial charge in [-0.15, -0.1) is 0 Å². The van der Waals surface area contributed by atoms with Crippen molar-refractivity contribution >= 4 is 34.7 Å². The molecule has 0 aliphatic rings. The summed E-state index contributed by atoms with van der Waals surface area (Å²) in [4.78, 5) is 12.9. The third-order valence-corrected chi connectivity index (χ3v) is 4.12. The first-order valence-corrected chi connectivity index (χ1v) is 7.74. The molecule has 0 saturated carbocycles. The number of nitrogens with two attached hydrogens (primary N) is 1. The molecule has 2 N–H and O–H groups in total. The lowest BCUT2D eigenvalue weighted by molar-refractivity contribution is 0.103. The first-order chi connectivity index (χ1) is 11.5. The Morgan fingerprint density at radius 2 is 1.83 bits per heavy atom. The van der Waals surface area contributed by atoms with E-state index in [9.17, 15) is 10.1 Å². The maximum absolute atomic E-state index is 12.9. The van der Waals surface area contributed by atoms with E-state index in [1.165, 1.54) is 10.8 Å². The Balaban J connectivity index is 2.24. The van der Waals surface area contributed by atoms with Crippen molar-refractivity contribution in [1.82, 2.24) is 4.57 Å². The summed E-state index contributed by atoms with van der Waals surface area (Å²) in [6.45, 7) is 0. The molecule has 0 aliphatic heterocycles. The summed E-state index contributed by atoms with van der Waals surface area (Å²) in [6, 6.07) is 15.6. The Bertz CT molecular complexity index is 972. The van der Waals surface area contributed by atoms with Crippen molar-refractivity contribution in [3.05, 3.63) is 81.6 Å². The highest BCUT2D eigenvalue weighted by molar-refractivity contribution is 6.35. The van der Waals surface area contributed by atoms with Gasteiger partial charge in [-0.2, -0.15) is 5.26 Å². The fraction of sp³-hybridized carbons (Fsp3) is 0. The quantitative estimate of drug-likeness (QED) is 0.704. The van der Waals surface area contributed by atoms with Gasteiger partial charge in [0.15, 0.2) is 0 Å². The van der Waals surface area contributed by atoms with Gasteiger partial charge in [0.25, 0.3) is 0 Å². The van der Waals surface area contributed by atoms with Crippen LogP contribution in [0.15, 0.2) is 54.7 Å². The zero-order chi connectivity index (χ0) is 17.3. The van der Waals surface area contributed by atoms with E-state index in [-0.39, 0.29) is 22.7 Å². The Labute approximate surface area is 148 Å². The average Bonchev–Trinajstić information content (AvgIpc) is 2.91. The zero-order valence-electron chi connectivity index (χ0n) is 12.3. The minimum Gasteiger partial charge on any atom is -0.396 e. The van der Waals surface area contributed by atoms with E-state index in [0.29, 0.717) is 21.3 Å². The van der Waals surface area contributed by atoms with E-state index >= 15 is 0 Å². The van der Waals surface area contributed by atoms with Crippen LogP contribution in [0, 0.1) is 11.3 Å². The molecule has 0 bridgehead atoms. The molecule has 0 amide bonds. The highest BCUT2D eigenvalue weighted by Crippen LogP contribution is 2.31. The van der Waals surface area contributed by atoms with Crippen LogP contribution in [0.25, 0.3) is 5.69 Å². The van der Waals surface area contributed by atoms with Crippen molar-refractivity contribution < 1.29 is 4.79 Å². The van der Waals surface area contributed by atoms with Crippen LogP contribution in [-0.4, -0.2) is 10.4 Å². The van der Waals surface area contributed by atoms with E-state index < -0.39 is 0 Å². The average molecular weight is 356 g/mol. The summed E-state index contributed by atoms with van der Waals surface area (Å²) >= 11 is 12.2. The Kier molecular flexibility index (Phi) is 4.30. The monoisotopic (exact) mass is 355 g/mol. The second-order valence-corrected chi connectivity index (χ2v) is 5.92. The molecule has 3 aromatic rings. The molecule has 4 nitrogen and oxygen atoms in total. The molecule has 3 rings (SSSR count). The molecule has 0 radical (unpaired) electrons. The fourth-order valence-electron chi connectivity index (χ4n) is 2.43. The van der Waals surface area contributed by atoms with Gasteiger partial charge in [-0.1, -0.05) is 53.5 Å². The van der Waals surface area contributed by atoms with Gasteiger partial charge >= 0.3 is 0 Å². The molecule has 0 spiro atoms. The van der Waals surface area contributed by atoms with Gasteiger partial charge in [0.05, 0.1) is 22.0 Å². The van der Waals surface area contributed by atoms with Crippen molar-refractivity contribution in [1.29, 1.82) is 5.26 Å². The first-order valence-electron chi connectivity index (χ1n) is 6.99. The maximum atomic E-state index is 12.9. The van der Waals surface area contributed by atoms with E-state index in [1.54, 1.807) is 42.5 Å². The smallest absolute Gasteiger partial charge is 0.211 e. The Morgan fingerprint density at radius 3 is 2.46 bits per heavy atom. The van der Waals surface area contributed by atoms with Crippen molar-refractivity contribution in [2.75, 3.05) is 5.73 Å². The SMILES string of the molecule is N#Cc1cn(-c2ccc(Cl)cc2Cl)c(C(=O)c2ccccc2)c1N. The van der Waals surface area contributed by atoms with Crippen LogP contribution in [0.3, 0.4) is 0 Å². The number of nitrogens with zero attached hydrogens (tertiary/aromatic N) is 2. The fourth-order valence-corrected chi connectivity index (χ4v) is 2.93. The number of carbonyl (C=O) groups excluding carboxylic acids is 1. The van der Waals surface area contributed by atoms with Gasteiger partial charge in [-0.05, 0) is 18.2 Å². The van der Waals surface area contributed by atoms with Gasteiger partial charge in [-0.3, -0.25) is 4.79 Å². The molecule has 0 unspecified atom stereocenters. The van der Waals surface area contributed by atoms with Gasteiger partial charge < -0.3 is 10.3 Å². The van der Waals surface area contributed by atoms with E-state index in [0.717, 1.165) is 0 Å². The number of hydrogen-bond donors (Lipinski definition) is 1. The third-order valence-electron chi connectivity index (χ3n) is 3.59. The van der Waals surface area contributed by atoms with Crippen LogP contribution in [0.5, 0.6) is 0 Å². The molecule has 24 heavy (non-hydrogen) atoms. The summed E-state index contributed by atoms with van der Waals surface area (Å²) < 4.78 is 1.53. The predicted octanol–water partition coefficient (Wildman–Crippen LogP) is 4.47. The molecular weight excluding hydrogens is 345 g/mol. The second kappa shape index (κ2) is 6.40. The predicted molar refractivity (Wildman–Crippen MR) is 94.8 cm³/mol. The van der Waals surface area contributed by atoms with Crippen LogP contribution in [-0.2, 0) is 0 Å². The van der Waals surface area contributed by atoms with Crippen LogP contribution >= 0.6 is 23.2 Å². The van der Waals surface area contributed by atoms with Crippen molar-refractivity contribution in [3.63, 3.8) is 0 Å². The summed E-state index contributed by atoms with van der Waals surface area (Å²) in [7, 11) is 0. The molecule has 6 heteroatoms. The first kappa shape index (κ1) is 16.1. The number of nitriles is 1. The lowest BCUT2D eigenvalue weighted by atomic mass is 10.1. The summed E-state index contributed by atoms with van der Waals surface area (Å²) in [6.07, 6.45) is 1.50. The van der Waals surface area contributed by atoms with Crippen LogP contribution in [0.1, 0.15) is 21.6 Å². The summed E-state index contributed by atoms with van der Waals surface area (Å²) in [5.41, 5.74) is 7.56. The molecule has 0 aliphatic carbocycles. The molecule has 1 heterocycles. The number of nitrogen functional groups attached to an aromatic ring is 1. The minimum absolute atomic E-state index is 0.123. The standard InChI is InChI=1S/C18H11Cl2N3O/c19-13-6-7-15(14(20)8-13)23-10-12(9-21)16(22)17(23)18(24)11-4-2-1-3-5-11/h1-8,10H,22H2. The van der Waals surface area contributed by atoms with Crippen molar-refractivity contribution in [2.45, 2.75) is 0 Å². The maximum Gasteiger partial charge on any atom is 0.211 e. The van der Waals surface area contributed by atoms with Gasteiger partial charge in [0.2, 0.25) is 5.78 Å². The number of aromatic nitrogens is 1. The molecular formula is C18H11Cl2N3O. The second-order valence-electron chi connectivity index (χ2n) is 5.08. The van der Waals surface area contributed by atoms with Gasteiger partial charge in [-0.25, -0.2) is 0 Å². The Morgan fingerprint density at radius 1 is 1.12 bits per heavy atom. The van der Waals surface area contributed by atoms with E-state index in [4.69, 9.17) is 28.9 Å². The Hall–Kier alpha value is -2.74. The lowest BCUT2D eigenvalue weighted by Gasteiger charge is -2.11. The number of rotatable bonds is 3. The lowest BCUT2D eigenvalue weighted by Crippen LogP contribution is -2.11. The largest absolute Gasteiger partial charge is 0.396 e. The van der Waals surface area contributed by atoms with E-state index in [1.807, 2.05) is 12.1 Å². The molecule has 2 aromatic carbocycles. The van der Waals surface area contributed by atoms with Crippen molar-refractivity contribution in [2.24, 2.45) is 0 Å². The number of ketones is 1. The summed E-state index contributed by atoms with van der Waals surface area (Å²) in [5, 5.41) is 10.1. The van der Waals surface area contributed by atoms with Crippen LogP contribution in [0.2, 0.25) is 10.0 Å². The van der Waals surface area contributed by atoms with Gasteiger partial charge in [0.1, 0.15) is 11.8 Å². The summed E-state index contributed by atoms with van der Waals surface area (Å²) in [5.74, 6) is -0.291. The topological polar surface area (TPSA) is 71.8 Å². The molecule has 0 atom stereocenters. The van der Waals surface area contributed by atoms with Crippen LogP contribution < -0.4 is 5.73 Å². The number of carbonyl (C=O) groups is 1. The number of halogens is 2. The molecule has 0 saturated heterocycles. The van der Waals surface area contributed by atoms with Crippen molar-refractivity contribution in [3.8, 4) is 11.8 Å². The molecule has 118 valence electrons. The van der Waals surface area contributed by atoms with Gasteiger partial charge in [0, 0.05) is 16.8 Å². The normalized spacial score (nSPS) is 10.4. The number of anilines is 1. The zero-order valence-corrected chi connectivity index (χ0v) is 13.8. The molecule has 0 fully saturated rings. The number of hydrogen-bond acceptors (Lipinski definition) is 3. The third kappa shape index (κ3) is 2.76. The molecule has 1 aromatic heterocycles.